The van der Waals surface area contributed by atoms with Crippen molar-refractivity contribution in [2.75, 3.05) is 18.5 Å². The summed E-state index contributed by atoms with van der Waals surface area (Å²) >= 11 is 12.9. The predicted molar refractivity (Wildman–Crippen MR) is 87.3 cm³/mol. The zero-order chi connectivity index (χ0) is 13.7. The monoisotopic (exact) mass is 403 g/mol. The second kappa shape index (κ2) is 7.17. The number of ether oxygens (including phenoxy) is 1. The largest absolute Gasteiger partial charge is 0.492 e. The van der Waals surface area contributed by atoms with Gasteiger partial charge in [-0.2, -0.15) is 0 Å². The third-order valence-electron chi connectivity index (χ3n) is 2.43. The van der Waals surface area contributed by atoms with E-state index in [0.717, 1.165) is 20.4 Å². The van der Waals surface area contributed by atoms with Crippen LogP contribution < -0.4 is 10.1 Å². The van der Waals surface area contributed by atoms with E-state index in [1.807, 2.05) is 42.5 Å². The molecule has 0 aliphatic carbocycles. The molecule has 0 aliphatic rings. The molecule has 19 heavy (non-hydrogen) atoms. The Bertz CT molecular complexity index is 546. The van der Waals surface area contributed by atoms with Crippen molar-refractivity contribution in [3.63, 3.8) is 0 Å². The van der Waals surface area contributed by atoms with Crippen LogP contribution in [0.1, 0.15) is 0 Å². The molecule has 0 aromatic heterocycles. The summed E-state index contributed by atoms with van der Waals surface area (Å²) in [4.78, 5) is 0. The van der Waals surface area contributed by atoms with Gasteiger partial charge in [-0.1, -0.05) is 43.5 Å². The lowest BCUT2D eigenvalue weighted by molar-refractivity contribution is 0.333. The minimum Gasteiger partial charge on any atom is -0.492 e. The van der Waals surface area contributed by atoms with Crippen molar-refractivity contribution in [1.29, 1.82) is 0 Å². The molecule has 2 aromatic rings. The van der Waals surface area contributed by atoms with Crippen molar-refractivity contribution in [2.45, 2.75) is 0 Å². The summed E-state index contributed by atoms with van der Waals surface area (Å²) in [6.07, 6.45) is 0. The van der Waals surface area contributed by atoms with Crippen molar-refractivity contribution in [3.8, 4) is 5.75 Å². The Morgan fingerprint density at radius 3 is 2.37 bits per heavy atom. The van der Waals surface area contributed by atoms with E-state index in [-0.39, 0.29) is 0 Å². The Kier molecular flexibility index (Phi) is 5.55. The van der Waals surface area contributed by atoms with Gasteiger partial charge in [-0.05, 0) is 42.5 Å². The predicted octanol–water partition coefficient (Wildman–Crippen LogP) is 5.36. The maximum atomic E-state index is 6.10. The normalized spacial score (nSPS) is 10.3. The molecule has 0 bridgehead atoms. The van der Waals surface area contributed by atoms with Crippen LogP contribution in [0.5, 0.6) is 5.75 Å². The zero-order valence-corrected chi connectivity index (χ0v) is 13.9. The molecule has 5 heteroatoms. The first-order valence-electron chi connectivity index (χ1n) is 5.72. The van der Waals surface area contributed by atoms with Gasteiger partial charge in [-0.15, -0.1) is 0 Å². The van der Waals surface area contributed by atoms with Gasteiger partial charge in [-0.3, -0.25) is 0 Å². The molecule has 0 amide bonds. The van der Waals surface area contributed by atoms with Crippen LogP contribution in [-0.4, -0.2) is 13.2 Å². The molecular formula is C14H12Br2ClNO. The number of benzene rings is 2. The van der Waals surface area contributed by atoms with Crippen molar-refractivity contribution in [2.24, 2.45) is 0 Å². The van der Waals surface area contributed by atoms with Crippen molar-refractivity contribution in [1.82, 2.24) is 0 Å². The van der Waals surface area contributed by atoms with E-state index in [1.165, 1.54) is 0 Å². The van der Waals surface area contributed by atoms with Crippen LogP contribution in [0.2, 0.25) is 5.02 Å². The molecule has 0 spiro atoms. The van der Waals surface area contributed by atoms with Gasteiger partial charge in [0.1, 0.15) is 12.4 Å². The van der Waals surface area contributed by atoms with Crippen LogP contribution in [-0.2, 0) is 0 Å². The number of rotatable bonds is 5. The second-order valence-electron chi connectivity index (χ2n) is 3.85. The third kappa shape index (κ3) is 4.71. The maximum Gasteiger partial charge on any atom is 0.119 e. The summed E-state index contributed by atoms with van der Waals surface area (Å²) in [6, 6.07) is 13.5. The summed E-state index contributed by atoms with van der Waals surface area (Å²) in [5.41, 5.74) is 0.907. The van der Waals surface area contributed by atoms with Crippen LogP contribution in [0.3, 0.4) is 0 Å². The van der Waals surface area contributed by atoms with Gasteiger partial charge >= 0.3 is 0 Å². The van der Waals surface area contributed by atoms with E-state index in [4.69, 9.17) is 16.3 Å². The van der Waals surface area contributed by atoms with E-state index < -0.39 is 0 Å². The first kappa shape index (κ1) is 14.7. The Morgan fingerprint density at radius 1 is 1.00 bits per heavy atom. The van der Waals surface area contributed by atoms with E-state index in [1.54, 1.807) is 0 Å². The number of halogens is 3. The molecular weight excluding hydrogens is 393 g/mol. The Morgan fingerprint density at radius 2 is 1.68 bits per heavy atom. The van der Waals surface area contributed by atoms with E-state index >= 15 is 0 Å². The lowest BCUT2D eigenvalue weighted by Crippen LogP contribution is -2.11. The molecule has 100 valence electrons. The molecule has 0 heterocycles. The molecule has 1 N–H and O–H groups in total. The van der Waals surface area contributed by atoms with E-state index in [9.17, 15) is 0 Å². The molecule has 2 rings (SSSR count). The van der Waals surface area contributed by atoms with Gasteiger partial charge in [0, 0.05) is 15.5 Å². The Labute approximate surface area is 134 Å². The van der Waals surface area contributed by atoms with Crippen LogP contribution in [0.25, 0.3) is 0 Å². The fraction of sp³-hybridized carbons (Fsp3) is 0.143. The zero-order valence-electron chi connectivity index (χ0n) is 10.00. The van der Waals surface area contributed by atoms with Gasteiger partial charge in [0.25, 0.3) is 0 Å². The molecule has 0 unspecified atom stereocenters. The minimum atomic E-state index is 0.577. The summed E-state index contributed by atoms with van der Waals surface area (Å²) in [6.45, 7) is 1.27. The minimum absolute atomic E-state index is 0.577. The smallest absolute Gasteiger partial charge is 0.119 e. The van der Waals surface area contributed by atoms with E-state index in [0.29, 0.717) is 18.2 Å². The fourth-order valence-corrected chi connectivity index (χ4v) is 2.52. The van der Waals surface area contributed by atoms with Gasteiger partial charge in [0.15, 0.2) is 0 Å². The van der Waals surface area contributed by atoms with Crippen LogP contribution in [0.4, 0.5) is 5.69 Å². The van der Waals surface area contributed by atoms with Gasteiger partial charge < -0.3 is 10.1 Å². The molecule has 0 saturated heterocycles. The lowest BCUT2D eigenvalue weighted by Gasteiger charge is -2.10. The number of nitrogens with one attached hydrogen (secondary N) is 1. The first-order valence-corrected chi connectivity index (χ1v) is 7.69. The van der Waals surface area contributed by atoms with Gasteiger partial charge in [0.2, 0.25) is 0 Å². The van der Waals surface area contributed by atoms with Gasteiger partial charge in [0.05, 0.1) is 10.7 Å². The fourth-order valence-electron chi connectivity index (χ4n) is 1.52. The molecule has 0 radical (unpaired) electrons. The SMILES string of the molecule is Clc1cc(Br)ccc1NCCOc1ccc(Br)cc1. The molecule has 2 aromatic carbocycles. The summed E-state index contributed by atoms with van der Waals surface area (Å²) in [5.74, 6) is 0.854. The first-order chi connectivity index (χ1) is 9.15. The third-order valence-corrected chi connectivity index (χ3v) is 3.77. The Hall–Kier alpha value is -0.710. The van der Waals surface area contributed by atoms with Crippen molar-refractivity contribution in [3.05, 3.63) is 56.4 Å². The Balaban J connectivity index is 1.79. The number of hydrogen-bond acceptors (Lipinski definition) is 2. The molecule has 0 saturated carbocycles. The average molecular weight is 406 g/mol. The van der Waals surface area contributed by atoms with Crippen LogP contribution >= 0.6 is 43.5 Å². The summed E-state index contributed by atoms with van der Waals surface area (Å²) in [5, 5.41) is 3.93. The van der Waals surface area contributed by atoms with Crippen LogP contribution in [0, 0.1) is 0 Å². The standard InChI is InChI=1S/C14H12Br2ClNO/c15-10-1-4-12(5-2-10)19-8-7-18-14-6-3-11(16)9-13(14)17/h1-6,9,18H,7-8H2. The summed E-state index contributed by atoms with van der Waals surface area (Å²) < 4.78 is 7.62. The molecule has 2 nitrogen and oxygen atoms in total. The maximum absolute atomic E-state index is 6.10. The number of anilines is 1. The highest BCUT2D eigenvalue weighted by Gasteiger charge is 2.00. The van der Waals surface area contributed by atoms with Crippen molar-refractivity contribution >= 4 is 49.1 Å². The highest BCUT2D eigenvalue weighted by Crippen LogP contribution is 2.25. The van der Waals surface area contributed by atoms with Crippen LogP contribution in [0.15, 0.2) is 51.4 Å². The van der Waals surface area contributed by atoms with Gasteiger partial charge in [-0.25, -0.2) is 0 Å². The quantitative estimate of drug-likeness (QED) is 0.677. The average Bonchev–Trinajstić information content (AvgIpc) is 2.39. The molecule has 0 fully saturated rings. The molecule has 0 atom stereocenters. The molecule has 0 aliphatic heterocycles. The lowest BCUT2D eigenvalue weighted by atomic mass is 10.3. The highest BCUT2D eigenvalue weighted by molar-refractivity contribution is 9.10. The van der Waals surface area contributed by atoms with E-state index in [2.05, 4.69) is 37.2 Å². The van der Waals surface area contributed by atoms with Crippen molar-refractivity contribution < 1.29 is 4.74 Å². The highest BCUT2D eigenvalue weighted by atomic mass is 79.9. The summed E-state index contributed by atoms with van der Waals surface area (Å²) in [7, 11) is 0. The number of hydrogen-bond donors (Lipinski definition) is 1. The topological polar surface area (TPSA) is 21.3 Å². The second-order valence-corrected chi connectivity index (χ2v) is 6.09.